The van der Waals surface area contributed by atoms with Crippen molar-refractivity contribution in [1.82, 2.24) is 4.98 Å². The second-order valence-electron chi connectivity index (χ2n) is 4.73. The van der Waals surface area contributed by atoms with Crippen LogP contribution in [0.4, 0.5) is 4.39 Å². The van der Waals surface area contributed by atoms with Gasteiger partial charge in [-0.25, -0.2) is 4.39 Å². The van der Waals surface area contributed by atoms with Crippen molar-refractivity contribution in [3.63, 3.8) is 0 Å². The highest BCUT2D eigenvalue weighted by atomic mass is 32.3. The highest BCUT2D eigenvalue weighted by Crippen LogP contribution is 2.37. The van der Waals surface area contributed by atoms with Gasteiger partial charge in [0, 0.05) is 32.0 Å². The minimum Gasteiger partial charge on any atom is -0.255 e. The maximum atomic E-state index is 13.1. The van der Waals surface area contributed by atoms with Crippen LogP contribution in [0.25, 0.3) is 5.57 Å². The van der Waals surface area contributed by atoms with Gasteiger partial charge in [0.05, 0.1) is 10.6 Å². The normalized spacial score (nSPS) is 14.7. The Bertz CT molecular complexity index is 695. The first-order valence-electron chi connectivity index (χ1n) is 6.40. The summed E-state index contributed by atoms with van der Waals surface area (Å²) in [7, 11) is -3.90. The Morgan fingerprint density at radius 2 is 2.19 bits per heavy atom. The molecule has 0 aromatic carbocycles. The molecule has 4 nitrogen and oxygen atoms in total. The molecule has 0 fully saturated rings. The van der Waals surface area contributed by atoms with Gasteiger partial charge in [0.15, 0.2) is 0 Å². The van der Waals surface area contributed by atoms with Gasteiger partial charge in [-0.15, -0.1) is 4.91 Å². The van der Waals surface area contributed by atoms with E-state index >= 15 is 0 Å². The summed E-state index contributed by atoms with van der Waals surface area (Å²) in [5.41, 5.74) is 0.652. The van der Waals surface area contributed by atoms with Crippen LogP contribution in [0.15, 0.2) is 58.4 Å². The zero-order valence-corrected chi connectivity index (χ0v) is 13.2. The van der Waals surface area contributed by atoms with Crippen molar-refractivity contribution in [2.75, 3.05) is 12.0 Å². The van der Waals surface area contributed by atoms with E-state index in [1.165, 1.54) is 30.7 Å². The van der Waals surface area contributed by atoms with Gasteiger partial charge in [-0.1, -0.05) is 25.7 Å². The molecule has 0 unspecified atom stereocenters. The average Bonchev–Trinajstić information content (AvgIpc) is 2.52. The lowest BCUT2D eigenvalue weighted by molar-refractivity contribution is 0.660. The van der Waals surface area contributed by atoms with Crippen molar-refractivity contribution >= 4 is 14.8 Å². The Hall–Kier alpha value is -1.95. The van der Waals surface area contributed by atoms with E-state index in [9.17, 15) is 13.5 Å². The zero-order chi connectivity index (χ0) is 16.1. The molecule has 0 aliphatic rings. The van der Waals surface area contributed by atoms with Gasteiger partial charge in [-0.05, 0) is 30.7 Å². The number of allylic oxidation sites excluding steroid dienone is 5. The molecule has 1 rings (SSSR count). The number of nitroso groups, excluding NO2 is 1. The SMILES string of the molecule is C=C(/C=C\C(F)=C/C)c1ncccc1S(C)(=O)(CC)N=O. The highest BCUT2D eigenvalue weighted by Gasteiger charge is 2.36. The third-order valence-corrected chi connectivity index (χ3v) is 6.44. The van der Waals surface area contributed by atoms with Gasteiger partial charge in [-0.3, -0.25) is 9.19 Å². The third-order valence-electron chi connectivity index (χ3n) is 3.23. The molecule has 1 heterocycles. The lowest BCUT2D eigenvalue weighted by Crippen LogP contribution is -2.32. The van der Waals surface area contributed by atoms with Crippen LogP contribution in [0, 0.1) is 4.91 Å². The van der Waals surface area contributed by atoms with Crippen LogP contribution in [0.5, 0.6) is 0 Å². The molecule has 0 atom stereocenters. The molecule has 6 heteroatoms. The van der Waals surface area contributed by atoms with Crippen LogP contribution in [0.3, 0.4) is 0 Å². The summed E-state index contributed by atoms with van der Waals surface area (Å²) < 4.78 is 29.0. The van der Waals surface area contributed by atoms with E-state index in [0.29, 0.717) is 11.3 Å². The Labute approximate surface area is 124 Å². The number of nitrogens with zero attached hydrogens (tertiary/aromatic N) is 2. The minimum atomic E-state index is -3.90. The Morgan fingerprint density at radius 1 is 1.52 bits per heavy atom. The summed E-state index contributed by atoms with van der Waals surface area (Å²) in [5, 5.41) is 0. The van der Waals surface area contributed by atoms with Crippen molar-refractivity contribution in [3.05, 3.63) is 59.6 Å². The molecular weight excluding hydrogens is 291 g/mol. The minimum absolute atomic E-state index is 0.0691. The predicted molar refractivity (Wildman–Crippen MR) is 85.9 cm³/mol. The molecule has 0 bridgehead atoms. The van der Waals surface area contributed by atoms with Crippen LogP contribution in [0.1, 0.15) is 19.5 Å². The molecule has 1 aromatic heterocycles. The predicted octanol–water partition coefficient (Wildman–Crippen LogP) is 4.03. The molecule has 0 N–H and O–H groups in total. The first-order chi connectivity index (χ1) is 9.77. The fourth-order valence-corrected chi connectivity index (χ4v) is 3.26. The number of aromatic nitrogens is 1. The molecule has 1 aromatic rings. The van der Waals surface area contributed by atoms with E-state index in [1.807, 2.05) is 0 Å². The molecule has 0 radical (unpaired) electrons. The van der Waals surface area contributed by atoms with Gasteiger partial charge in [-0.2, -0.15) is 0 Å². The van der Waals surface area contributed by atoms with Crippen LogP contribution in [-0.2, 0) is 9.25 Å². The van der Waals surface area contributed by atoms with Crippen LogP contribution in [-0.4, -0.2) is 21.2 Å². The van der Waals surface area contributed by atoms with E-state index < -0.39 is 15.1 Å². The van der Waals surface area contributed by atoms with Gasteiger partial charge in [0.25, 0.3) is 0 Å². The fourth-order valence-electron chi connectivity index (χ4n) is 1.66. The maximum Gasteiger partial charge on any atom is 0.118 e. The lowest BCUT2D eigenvalue weighted by atomic mass is 10.2. The summed E-state index contributed by atoms with van der Waals surface area (Å²) in [6.07, 6.45) is 6.78. The number of rotatable bonds is 6. The van der Waals surface area contributed by atoms with Crippen LogP contribution in [0.2, 0.25) is 0 Å². The third kappa shape index (κ3) is 3.58. The topological polar surface area (TPSA) is 59.4 Å². The second kappa shape index (κ2) is 6.22. The van der Waals surface area contributed by atoms with Crippen molar-refractivity contribution in [1.29, 1.82) is 0 Å². The maximum absolute atomic E-state index is 13.1. The van der Waals surface area contributed by atoms with Gasteiger partial charge in [0.2, 0.25) is 0 Å². The van der Waals surface area contributed by atoms with Crippen molar-refractivity contribution in [3.8, 4) is 0 Å². The zero-order valence-electron chi connectivity index (χ0n) is 12.4. The Kier molecular flexibility index (Phi) is 5.06. The average molecular weight is 310 g/mol. The Balaban J connectivity index is 3.42. The number of hydrogen-bond acceptors (Lipinski definition) is 3. The summed E-state index contributed by atoms with van der Waals surface area (Å²) in [4.78, 5) is 15.6. The van der Waals surface area contributed by atoms with E-state index in [0.717, 1.165) is 0 Å². The number of halogens is 1. The fraction of sp³-hybridized carbons (Fsp3) is 0.267. The van der Waals surface area contributed by atoms with E-state index in [4.69, 9.17) is 0 Å². The molecule has 0 spiro atoms. The smallest absolute Gasteiger partial charge is 0.118 e. The lowest BCUT2D eigenvalue weighted by Gasteiger charge is -2.30. The van der Waals surface area contributed by atoms with Crippen LogP contribution < -0.4 is 0 Å². The summed E-state index contributed by atoms with van der Waals surface area (Å²) >= 11 is 0. The van der Waals surface area contributed by atoms with Gasteiger partial charge < -0.3 is 0 Å². The second-order valence-corrected chi connectivity index (χ2v) is 8.86. The standard InChI is InChI=1S/C15H19FN2O2S/c1-5-13(16)10-9-12(3)15-14(8-7-11-17-15)21(4,20,6-2)18-19/h5,7-11H,3,6H2,1-2,4H3/b10-9-,13-5+. The van der Waals surface area contributed by atoms with Crippen LogP contribution >= 0.6 is 0 Å². The van der Waals surface area contributed by atoms with Crippen molar-refractivity contribution in [2.24, 2.45) is 4.58 Å². The van der Waals surface area contributed by atoms with E-state index in [2.05, 4.69) is 16.1 Å². The van der Waals surface area contributed by atoms with Crippen molar-refractivity contribution < 1.29 is 8.60 Å². The molecule has 21 heavy (non-hydrogen) atoms. The molecule has 0 saturated heterocycles. The van der Waals surface area contributed by atoms with Gasteiger partial charge in [0.1, 0.15) is 5.83 Å². The molecule has 0 saturated carbocycles. The quantitative estimate of drug-likeness (QED) is 0.588. The molecule has 0 aliphatic carbocycles. The van der Waals surface area contributed by atoms with E-state index in [1.54, 1.807) is 26.0 Å². The summed E-state index contributed by atoms with van der Waals surface area (Å²) in [6.45, 7) is 6.99. The monoisotopic (exact) mass is 310 g/mol. The largest absolute Gasteiger partial charge is 0.255 e. The molecule has 0 aliphatic heterocycles. The summed E-state index contributed by atoms with van der Waals surface area (Å²) in [5.74, 6) is -0.355. The van der Waals surface area contributed by atoms with E-state index in [-0.39, 0.29) is 10.6 Å². The van der Waals surface area contributed by atoms with Crippen molar-refractivity contribution in [2.45, 2.75) is 18.7 Å². The molecular formula is C15H19FN2O2S. The van der Waals surface area contributed by atoms with Gasteiger partial charge >= 0.3 is 0 Å². The first kappa shape index (κ1) is 17.1. The first-order valence-corrected chi connectivity index (χ1v) is 8.90. The molecule has 114 valence electrons. The summed E-state index contributed by atoms with van der Waals surface area (Å²) in [6, 6.07) is 3.13. The number of pyridine rings is 1. The molecule has 0 amide bonds. The highest BCUT2D eigenvalue weighted by molar-refractivity contribution is 8.18. The number of hydrogen-bond donors (Lipinski definition) is 0. The Morgan fingerprint density at radius 3 is 2.71 bits per heavy atom.